The number of hydrogen-bond donors (Lipinski definition) is 4. The number of ether oxygens (including phenoxy) is 1. The molecule has 1 atom stereocenters. The first-order valence-electron chi connectivity index (χ1n) is 8.74. The molecule has 0 fully saturated rings. The topological polar surface area (TPSA) is 91.0 Å². The molecule has 138 valence electrons. The van der Waals surface area contributed by atoms with E-state index in [1.165, 1.54) is 6.92 Å². The lowest BCUT2D eigenvalue weighted by Gasteiger charge is -2.19. The van der Waals surface area contributed by atoms with Gasteiger partial charge in [0, 0.05) is 30.6 Å². The number of nitrogens with two attached hydrogens (primary N) is 1. The van der Waals surface area contributed by atoms with Crippen LogP contribution in [0.3, 0.4) is 0 Å². The summed E-state index contributed by atoms with van der Waals surface area (Å²) in [6, 6.07) is 5.85. The molecule has 2 aromatic rings. The summed E-state index contributed by atoms with van der Waals surface area (Å²) >= 11 is 0. The summed E-state index contributed by atoms with van der Waals surface area (Å²) < 4.78 is 5.75. The second-order valence-electron chi connectivity index (χ2n) is 7.52. The number of nitrogens with one attached hydrogen (secondary N) is 2. The van der Waals surface area contributed by atoms with Gasteiger partial charge in [0.2, 0.25) is 5.91 Å². The van der Waals surface area contributed by atoms with Crippen LogP contribution < -0.4 is 15.4 Å². The maximum absolute atomic E-state index is 11.0. The van der Waals surface area contributed by atoms with Crippen molar-refractivity contribution in [1.29, 1.82) is 0 Å². The van der Waals surface area contributed by atoms with E-state index in [1.54, 1.807) is 0 Å². The van der Waals surface area contributed by atoms with Crippen LogP contribution >= 0.6 is 0 Å². The van der Waals surface area contributed by atoms with Gasteiger partial charge in [0.25, 0.3) is 0 Å². The Bertz CT molecular complexity index is 703. The minimum Gasteiger partial charge on any atom is -0.491 e. The Kier molecular flexibility index (Phi) is 6.45. The quantitative estimate of drug-likeness (QED) is 0.572. The number of carbonyl (C=O) groups excluding carboxylic acids is 1. The van der Waals surface area contributed by atoms with Crippen molar-refractivity contribution < 1.29 is 20.0 Å². The van der Waals surface area contributed by atoms with Crippen molar-refractivity contribution in [1.82, 2.24) is 10.3 Å². The highest BCUT2D eigenvalue weighted by atomic mass is 16.5. The van der Waals surface area contributed by atoms with Crippen molar-refractivity contribution in [2.24, 2.45) is 0 Å². The summed E-state index contributed by atoms with van der Waals surface area (Å²) in [5.74, 6) is 0.715. The molecular formula is C19H30N3O3+. The highest BCUT2D eigenvalue weighted by Crippen LogP contribution is 2.24. The maximum Gasteiger partial charge on any atom is 0.216 e. The van der Waals surface area contributed by atoms with E-state index in [-0.39, 0.29) is 18.1 Å². The van der Waals surface area contributed by atoms with Crippen molar-refractivity contribution in [3.63, 3.8) is 0 Å². The number of amides is 1. The molecule has 6 nitrogen and oxygen atoms in total. The van der Waals surface area contributed by atoms with Crippen molar-refractivity contribution in [2.45, 2.75) is 45.8 Å². The lowest BCUT2D eigenvalue weighted by Crippen LogP contribution is -2.96. The predicted molar refractivity (Wildman–Crippen MR) is 98.7 cm³/mol. The van der Waals surface area contributed by atoms with Gasteiger partial charge in [0.15, 0.2) is 0 Å². The number of aromatic amines is 1. The third-order valence-corrected chi connectivity index (χ3v) is 3.95. The van der Waals surface area contributed by atoms with E-state index in [4.69, 9.17) is 4.74 Å². The number of aromatic nitrogens is 1. The molecule has 2 rings (SSSR count). The van der Waals surface area contributed by atoms with Gasteiger partial charge in [0.1, 0.15) is 25.0 Å². The highest BCUT2D eigenvalue weighted by Gasteiger charge is 2.16. The molecule has 1 heterocycles. The minimum atomic E-state index is -0.514. The lowest BCUT2D eigenvalue weighted by molar-refractivity contribution is -0.722. The van der Waals surface area contributed by atoms with E-state index in [2.05, 4.69) is 36.4 Å². The summed E-state index contributed by atoms with van der Waals surface area (Å²) in [5.41, 5.74) is 2.26. The fourth-order valence-corrected chi connectivity index (χ4v) is 2.58. The molecule has 6 heteroatoms. The Morgan fingerprint density at radius 3 is 2.84 bits per heavy atom. The van der Waals surface area contributed by atoms with Crippen LogP contribution in [0.15, 0.2) is 24.4 Å². The second-order valence-corrected chi connectivity index (χ2v) is 7.52. The Morgan fingerprint density at radius 1 is 1.40 bits per heavy atom. The average molecular weight is 348 g/mol. The molecule has 0 aliphatic rings. The third kappa shape index (κ3) is 6.40. The van der Waals surface area contributed by atoms with Gasteiger partial charge < -0.3 is 25.5 Å². The summed E-state index contributed by atoms with van der Waals surface area (Å²) in [5, 5.41) is 16.1. The van der Waals surface area contributed by atoms with Crippen molar-refractivity contribution in [3.05, 3.63) is 30.0 Å². The summed E-state index contributed by atoms with van der Waals surface area (Å²) in [7, 11) is 0. The summed E-state index contributed by atoms with van der Waals surface area (Å²) in [6.07, 6.45) is 2.20. The largest absolute Gasteiger partial charge is 0.491 e. The number of rotatable bonds is 8. The third-order valence-electron chi connectivity index (χ3n) is 3.95. The van der Waals surface area contributed by atoms with Gasteiger partial charge in [-0.1, -0.05) is 0 Å². The molecule has 0 bridgehead atoms. The molecule has 0 aliphatic carbocycles. The Hall–Kier alpha value is -2.05. The van der Waals surface area contributed by atoms with Crippen LogP contribution in [-0.4, -0.2) is 47.3 Å². The van der Waals surface area contributed by atoms with E-state index < -0.39 is 6.10 Å². The number of hydrogen-bond acceptors (Lipinski definition) is 3. The van der Waals surface area contributed by atoms with Gasteiger partial charge >= 0.3 is 0 Å². The van der Waals surface area contributed by atoms with E-state index in [0.717, 1.165) is 28.6 Å². The molecular weight excluding hydrogens is 318 g/mol. The van der Waals surface area contributed by atoms with Crippen molar-refractivity contribution in [3.8, 4) is 5.75 Å². The number of aliphatic hydroxyl groups is 1. The zero-order chi connectivity index (χ0) is 18.4. The summed E-state index contributed by atoms with van der Waals surface area (Å²) in [4.78, 5) is 14.2. The summed E-state index contributed by atoms with van der Waals surface area (Å²) in [6.45, 7) is 9.34. The molecule has 0 aliphatic heterocycles. The minimum absolute atomic E-state index is 0.0232. The maximum atomic E-state index is 11.0. The zero-order valence-electron chi connectivity index (χ0n) is 15.6. The van der Waals surface area contributed by atoms with Crippen molar-refractivity contribution >= 4 is 16.8 Å². The van der Waals surface area contributed by atoms with E-state index in [9.17, 15) is 9.90 Å². The fraction of sp³-hybridized carbons (Fsp3) is 0.526. The first-order valence-corrected chi connectivity index (χ1v) is 8.74. The standard InChI is InChI=1S/C19H29N3O3/c1-13(23)20-8-7-14-10-21-18-6-5-16(9-17(14)18)25-12-15(24)11-22-19(2,3)4/h5-6,9-10,15,21-22,24H,7-8,11-12H2,1-4H3,(H,20,23)/p+1. The Balaban J connectivity index is 1.94. The number of H-pyrrole nitrogens is 1. The molecule has 0 saturated heterocycles. The molecule has 5 N–H and O–H groups in total. The van der Waals surface area contributed by atoms with Gasteiger partial charge in [0.05, 0.1) is 5.54 Å². The van der Waals surface area contributed by atoms with E-state index >= 15 is 0 Å². The van der Waals surface area contributed by atoms with Gasteiger partial charge in [-0.25, -0.2) is 0 Å². The Labute approximate surface area is 149 Å². The SMILES string of the molecule is CC(=O)NCCc1c[nH]c2ccc(OCC(O)C[NH2+]C(C)(C)C)cc12. The molecule has 1 aromatic heterocycles. The highest BCUT2D eigenvalue weighted by molar-refractivity contribution is 5.84. The normalized spacial score (nSPS) is 13.0. The van der Waals surface area contributed by atoms with Crippen LogP contribution in [0.5, 0.6) is 5.75 Å². The molecule has 0 spiro atoms. The van der Waals surface area contributed by atoms with E-state index in [1.807, 2.05) is 24.4 Å². The van der Waals surface area contributed by atoms with Crippen LogP contribution in [0.2, 0.25) is 0 Å². The number of fused-ring (bicyclic) bond motifs is 1. The first kappa shape index (κ1) is 19.3. The number of benzene rings is 1. The molecule has 1 unspecified atom stereocenters. The first-order chi connectivity index (χ1) is 11.7. The fourth-order valence-electron chi connectivity index (χ4n) is 2.58. The van der Waals surface area contributed by atoms with Gasteiger partial charge in [-0.05, 0) is 51.0 Å². The molecule has 25 heavy (non-hydrogen) atoms. The van der Waals surface area contributed by atoms with Crippen molar-refractivity contribution in [2.75, 3.05) is 19.7 Å². The van der Waals surface area contributed by atoms with Gasteiger partial charge in [-0.3, -0.25) is 4.79 Å². The number of carbonyl (C=O) groups is 1. The average Bonchev–Trinajstić information content (AvgIpc) is 2.92. The second kappa shape index (κ2) is 8.36. The monoisotopic (exact) mass is 348 g/mol. The van der Waals surface area contributed by atoms with Crippen LogP contribution in [0.25, 0.3) is 10.9 Å². The van der Waals surface area contributed by atoms with Gasteiger partial charge in [-0.15, -0.1) is 0 Å². The van der Waals surface area contributed by atoms with Crippen LogP contribution in [0, 0.1) is 0 Å². The van der Waals surface area contributed by atoms with Gasteiger partial charge in [-0.2, -0.15) is 0 Å². The molecule has 1 amide bonds. The zero-order valence-corrected chi connectivity index (χ0v) is 15.6. The van der Waals surface area contributed by atoms with Crippen LogP contribution in [-0.2, 0) is 11.2 Å². The van der Waals surface area contributed by atoms with E-state index in [0.29, 0.717) is 13.1 Å². The van der Waals surface area contributed by atoms with Crippen LogP contribution in [0.1, 0.15) is 33.3 Å². The predicted octanol–water partition coefficient (Wildman–Crippen LogP) is 0.948. The Morgan fingerprint density at radius 2 is 2.16 bits per heavy atom. The number of aliphatic hydroxyl groups excluding tert-OH is 1. The number of quaternary nitrogens is 1. The van der Waals surface area contributed by atoms with Crippen LogP contribution in [0.4, 0.5) is 0 Å². The molecule has 0 radical (unpaired) electrons. The smallest absolute Gasteiger partial charge is 0.216 e. The lowest BCUT2D eigenvalue weighted by atomic mass is 10.1. The molecule has 0 saturated carbocycles. The molecule has 1 aromatic carbocycles.